The molecule has 1 N–H and O–H groups in total. The minimum atomic E-state index is -0.363. The molecule has 2 heterocycles. The summed E-state index contributed by atoms with van der Waals surface area (Å²) in [6.07, 6.45) is 4.79. The van der Waals surface area contributed by atoms with Gasteiger partial charge in [-0.25, -0.2) is 9.37 Å². The van der Waals surface area contributed by atoms with Crippen LogP contribution in [0.1, 0.15) is 11.1 Å². The zero-order valence-electron chi connectivity index (χ0n) is 16.9. The average Bonchev–Trinajstić information content (AvgIpc) is 3.20. The molecule has 0 radical (unpaired) electrons. The summed E-state index contributed by atoms with van der Waals surface area (Å²) in [6.45, 7) is 3.68. The second kappa shape index (κ2) is 9.05. The van der Waals surface area contributed by atoms with E-state index >= 15 is 0 Å². The number of halogens is 1. The first-order valence-corrected chi connectivity index (χ1v) is 10.5. The SMILES string of the molecule is Cc1ccc(-n2c(SCC(=O)Nc3ccc(C)c(F)c3)nnc2-c2cnccn2)cc1. The molecule has 0 aliphatic heterocycles. The number of hydrogen-bond donors (Lipinski definition) is 1. The van der Waals surface area contributed by atoms with Gasteiger partial charge >= 0.3 is 0 Å². The molecular formula is C22H19FN6OS. The highest BCUT2D eigenvalue weighted by molar-refractivity contribution is 7.99. The number of anilines is 1. The normalized spacial score (nSPS) is 10.8. The van der Waals surface area contributed by atoms with Crippen LogP contribution in [0.4, 0.5) is 10.1 Å². The lowest BCUT2D eigenvalue weighted by atomic mass is 10.2. The van der Waals surface area contributed by atoms with Crippen molar-refractivity contribution in [2.75, 3.05) is 11.1 Å². The summed E-state index contributed by atoms with van der Waals surface area (Å²) < 4.78 is 15.6. The van der Waals surface area contributed by atoms with Crippen LogP contribution in [0.25, 0.3) is 17.2 Å². The molecule has 0 saturated carbocycles. The van der Waals surface area contributed by atoms with E-state index in [0.29, 0.717) is 27.9 Å². The minimum absolute atomic E-state index is 0.0833. The maximum atomic E-state index is 13.7. The molecule has 7 nitrogen and oxygen atoms in total. The fraction of sp³-hybridized carbons (Fsp3) is 0.136. The van der Waals surface area contributed by atoms with Crippen molar-refractivity contribution < 1.29 is 9.18 Å². The molecule has 156 valence electrons. The summed E-state index contributed by atoms with van der Waals surface area (Å²) in [4.78, 5) is 20.8. The van der Waals surface area contributed by atoms with Crippen LogP contribution in [0.15, 0.2) is 66.2 Å². The second-order valence-electron chi connectivity index (χ2n) is 6.87. The predicted molar refractivity (Wildman–Crippen MR) is 118 cm³/mol. The van der Waals surface area contributed by atoms with Gasteiger partial charge in [0.05, 0.1) is 11.9 Å². The molecule has 0 saturated heterocycles. The van der Waals surface area contributed by atoms with Gasteiger partial charge in [-0.2, -0.15) is 0 Å². The number of nitrogens with one attached hydrogen (secondary N) is 1. The Morgan fingerprint density at radius 3 is 2.61 bits per heavy atom. The number of aryl methyl sites for hydroxylation is 2. The molecule has 0 spiro atoms. The topological polar surface area (TPSA) is 85.6 Å². The van der Waals surface area contributed by atoms with E-state index in [1.165, 1.54) is 17.8 Å². The Kier molecular flexibility index (Phi) is 6.03. The smallest absolute Gasteiger partial charge is 0.234 e. The number of carbonyl (C=O) groups excluding carboxylic acids is 1. The summed E-state index contributed by atoms with van der Waals surface area (Å²) in [5.74, 6) is -0.0219. The number of amides is 1. The van der Waals surface area contributed by atoms with E-state index in [-0.39, 0.29) is 17.5 Å². The van der Waals surface area contributed by atoms with Crippen LogP contribution >= 0.6 is 11.8 Å². The van der Waals surface area contributed by atoms with Gasteiger partial charge in [-0.1, -0.05) is 35.5 Å². The summed E-state index contributed by atoms with van der Waals surface area (Å²) in [6, 6.07) is 12.5. The Hall–Kier alpha value is -3.59. The first-order chi connectivity index (χ1) is 15.0. The number of rotatable bonds is 6. The van der Waals surface area contributed by atoms with E-state index in [0.717, 1.165) is 11.3 Å². The molecule has 1 amide bonds. The van der Waals surface area contributed by atoms with Gasteiger partial charge in [-0.05, 0) is 43.7 Å². The minimum Gasteiger partial charge on any atom is -0.325 e. The van der Waals surface area contributed by atoms with Gasteiger partial charge in [0.2, 0.25) is 5.91 Å². The van der Waals surface area contributed by atoms with Gasteiger partial charge in [-0.15, -0.1) is 10.2 Å². The van der Waals surface area contributed by atoms with Crippen LogP contribution in [0, 0.1) is 19.7 Å². The number of benzene rings is 2. The summed E-state index contributed by atoms with van der Waals surface area (Å²) >= 11 is 1.23. The first-order valence-electron chi connectivity index (χ1n) is 9.49. The predicted octanol–water partition coefficient (Wildman–Crippen LogP) is 4.21. The van der Waals surface area contributed by atoms with Crippen LogP contribution in [0.2, 0.25) is 0 Å². The van der Waals surface area contributed by atoms with E-state index in [4.69, 9.17) is 0 Å². The summed E-state index contributed by atoms with van der Waals surface area (Å²) in [5, 5.41) is 11.8. The van der Waals surface area contributed by atoms with Crippen LogP contribution in [-0.2, 0) is 4.79 Å². The highest BCUT2D eigenvalue weighted by atomic mass is 32.2. The van der Waals surface area contributed by atoms with Gasteiger partial charge in [-0.3, -0.25) is 14.3 Å². The lowest BCUT2D eigenvalue weighted by Crippen LogP contribution is -2.14. The maximum Gasteiger partial charge on any atom is 0.234 e. The van der Waals surface area contributed by atoms with E-state index in [1.807, 2.05) is 35.8 Å². The van der Waals surface area contributed by atoms with Crippen molar-refractivity contribution in [1.29, 1.82) is 0 Å². The highest BCUT2D eigenvalue weighted by Crippen LogP contribution is 2.27. The van der Waals surface area contributed by atoms with E-state index in [1.54, 1.807) is 37.6 Å². The number of thioether (sulfide) groups is 1. The van der Waals surface area contributed by atoms with Gasteiger partial charge in [0.15, 0.2) is 11.0 Å². The molecule has 0 aliphatic rings. The lowest BCUT2D eigenvalue weighted by Gasteiger charge is -2.10. The van der Waals surface area contributed by atoms with Crippen LogP contribution < -0.4 is 5.32 Å². The van der Waals surface area contributed by atoms with Gasteiger partial charge in [0.25, 0.3) is 0 Å². The maximum absolute atomic E-state index is 13.7. The Balaban J connectivity index is 1.57. The van der Waals surface area contributed by atoms with Crippen molar-refractivity contribution in [3.63, 3.8) is 0 Å². The van der Waals surface area contributed by atoms with Crippen LogP contribution in [0.5, 0.6) is 0 Å². The zero-order chi connectivity index (χ0) is 21.8. The van der Waals surface area contributed by atoms with Crippen molar-refractivity contribution >= 4 is 23.4 Å². The molecule has 0 bridgehead atoms. The lowest BCUT2D eigenvalue weighted by molar-refractivity contribution is -0.113. The van der Waals surface area contributed by atoms with Gasteiger partial charge in [0, 0.05) is 23.8 Å². The van der Waals surface area contributed by atoms with E-state index in [2.05, 4.69) is 25.5 Å². The molecule has 0 unspecified atom stereocenters. The summed E-state index contributed by atoms with van der Waals surface area (Å²) in [5.41, 5.74) is 3.47. The Morgan fingerprint density at radius 2 is 1.90 bits per heavy atom. The Labute approximate surface area is 182 Å². The second-order valence-corrected chi connectivity index (χ2v) is 7.81. The zero-order valence-corrected chi connectivity index (χ0v) is 17.7. The molecule has 31 heavy (non-hydrogen) atoms. The number of hydrogen-bond acceptors (Lipinski definition) is 6. The molecule has 4 aromatic rings. The quantitative estimate of drug-likeness (QED) is 0.458. The monoisotopic (exact) mass is 434 g/mol. The van der Waals surface area contributed by atoms with Crippen molar-refractivity contribution in [1.82, 2.24) is 24.7 Å². The number of carbonyl (C=O) groups is 1. The van der Waals surface area contributed by atoms with E-state index < -0.39 is 0 Å². The standard InChI is InChI=1S/C22H19FN6OS/c1-14-3-7-17(8-4-14)29-21(19-12-24-9-10-25-19)27-28-22(29)31-13-20(30)26-16-6-5-15(2)18(23)11-16/h3-12H,13H2,1-2H3,(H,26,30). The number of nitrogens with zero attached hydrogens (tertiary/aromatic N) is 5. The van der Waals surface area contributed by atoms with Crippen LogP contribution in [0.3, 0.4) is 0 Å². The summed E-state index contributed by atoms with van der Waals surface area (Å²) in [7, 11) is 0. The third-order valence-corrected chi connectivity index (χ3v) is 5.43. The van der Waals surface area contributed by atoms with Crippen molar-refractivity contribution in [3.8, 4) is 17.2 Å². The largest absolute Gasteiger partial charge is 0.325 e. The Morgan fingerprint density at radius 1 is 1.10 bits per heavy atom. The van der Waals surface area contributed by atoms with Crippen molar-refractivity contribution in [3.05, 3.63) is 78.0 Å². The highest BCUT2D eigenvalue weighted by Gasteiger charge is 2.18. The molecule has 9 heteroatoms. The Bertz CT molecular complexity index is 1210. The molecule has 0 atom stereocenters. The van der Waals surface area contributed by atoms with Gasteiger partial charge in [0.1, 0.15) is 11.5 Å². The third-order valence-electron chi connectivity index (χ3n) is 4.51. The van der Waals surface area contributed by atoms with Crippen molar-refractivity contribution in [2.24, 2.45) is 0 Å². The van der Waals surface area contributed by atoms with Crippen molar-refractivity contribution in [2.45, 2.75) is 19.0 Å². The van der Waals surface area contributed by atoms with E-state index in [9.17, 15) is 9.18 Å². The van der Waals surface area contributed by atoms with Crippen LogP contribution in [-0.4, -0.2) is 36.4 Å². The number of aromatic nitrogens is 5. The fourth-order valence-corrected chi connectivity index (χ4v) is 3.62. The molecule has 2 aromatic carbocycles. The molecule has 0 aliphatic carbocycles. The molecule has 0 fully saturated rings. The van der Waals surface area contributed by atoms with Gasteiger partial charge < -0.3 is 5.32 Å². The molecule has 2 aromatic heterocycles. The first kappa shape index (κ1) is 20.7. The molecule has 4 rings (SSSR count). The molecular weight excluding hydrogens is 415 g/mol. The third kappa shape index (κ3) is 4.77. The average molecular weight is 435 g/mol. The fourth-order valence-electron chi connectivity index (χ4n) is 2.87.